The lowest BCUT2D eigenvalue weighted by Gasteiger charge is -2.14. The maximum absolute atomic E-state index is 10.2. The highest BCUT2D eigenvalue weighted by Crippen LogP contribution is 2.15. The van der Waals surface area contributed by atoms with Crippen LogP contribution in [0.2, 0.25) is 0 Å². The number of methoxy groups -OCH3 is 1. The molecule has 0 bridgehead atoms. The Kier molecular flexibility index (Phi) is 5.25. The quantitative estimate of drug-likeness (QED) is 0.854. The van der Waals surface area contributed by atoms with Gasteiger partial charge < -0.3 is 15.2 Å². The zero-order valence-electron chi connectivity index (χ0n) is 12.6. The van der Waals surface area contributed by atoms with Gasteiger partial charge in [-0.2, -0.15) is 0 Å². The maximum atomic E-state index is 10.2. The summed E-state index contributed by atoms with van der Waals surface area (Å²) in [7, 11) is 1.61. The van der Waals surface area contributed by atoms with Gasteiger partial charge in [-0.1, -0.05) is 29.8 Å². The standard InChI is InChI=1S/C16H21N3O2/c1-11-5-4-6-13(7-11)14(20)9-17-15-8-12(2)18-16(19-15)10-21-3/h4-8,14,20H,9-10H2,1-3H3,(H,17,18,19). The number of anilines is 1. The third-order valence-corrected chi connectivity index (χ3v) is 3.08. The molecule has 1 heterocycles. The van der Waals surface area contributed by atoms with Gasteiger partial charge in [0.1, 0.15) is 12.4 Å². The van der Waals surface area contributed by atoms with Crippen LogP contribution in [0.5, 0.6) is 0 Å². The minimum atomic E-state index is -0.578. The van der Waals surface area contributed by atoms with Crippen LogP contribution in [0.1, 0.15) is 28.7 Å². The number of hydrogen-bond donors (Lipinski definition) is 2. The largest absolute Gasteiger partial charge is 0.387 e. The molecule has 1 atom stereocenters. The smallest absolute Gasteiger partial charge is 0.156 e. The van der Waals surface area contributed by atoms with Crippen molar-refractivity contribution in [1.29, 1.82) is 0 Å². The molecule has 21 heavy (non-hydrogen) atoms. The van der Waals surface area contributed by atoms with E-state index in [1.807, 2.05) is 44.2 Å². The number of nitrogens with zero attached hydrogens (tertiary/aromatic N) is 2. The van der Waals surface area contributed by atoms with E-state index in [0.29, 0.717) is 24.8 Å². The molecule has 0 radical (unpaired) electrons. The van der Waals surface area contributed by atoms with Crippen molar-refractivity contribution in [3.05, 3.63) is 53.0 Å². The number of rotatable bonds is 6. The third kappa shape index (κ3) is 4.51. The summed E-state index contributed by atoms with van der Waals surface area (Å²) in [6, 6.07) is 9.70. The zero-order valence-corrected chi connectivity index (χ0v) is 12.6. The van der Waals surface area contributed by atoms with E-state index in [9.17, 15) is 5.11 Å². The molecule has 2 rings (SSSR count). The number of benzene rings is 1. The number of nitrogens with one attached hydrogen (secondary N) is 1. The van der Waals surface area contributed by atoms with E-state index in [0.717, 1.165) is 16.8 Å². The number of aliphatic hydroxyl groups is 1. The van der Waals surface area contributed by atoms with E-state index in [4.69, 9.17) is 4.74 Å². The summed E-state index contributed by atoms with van der Waals surface area (Å²) in [5, 5.41) is 13.4. The van der Waals surface area contributed by atoms with Crippen molar-refractivity contribution >= 4 is 5.82 Å². The Bertz CT molecular complexity index is 602. The van der Waals surface area contributed by atoms with Crippen molar-refractivity contribution in [3.63, 3.8) is 0 Å². The van der Waals surface area contributed by atoms with E-state index in [1.54, 1.807) is 7.11 Å². The first-order valence-corrected chi connectivity index (χ1v) is 6.90. The van der Waals surface area contributed by atoms with E-state index < -0.39 is 6.10 Å². The summed E-state index contributed by atoms with van der Waals surface area (Å²) in [4.78, 5) is 8.63. The highest BCUT2D eigenvalue weighted by Gasteiger charge is 2.08. The minimum Gasteiger partial charge on any atom is -0.387 e. The molecule has 0 aliphatic heterocycles. The van der Waals surface area contributed by atoms with Crippen LogP contribution < -0.4 is 5.32 Å². The number of aliphatic hydroxyl groups excluding tert-OH is 1. The molecule has 0 amide bonds. The summed E-state index contributed by atoms with van der Waals surface area (Å²) in [5.41, 5.74) is 2.89. The second kappa shape index (κ2) is 7.15. The highest BCUT2D eigenvalue weighted by molar-refractivity contribution is 5.36. The van der Waals surface area contributed by atoms with Gasteiger partial charge in [0.2, 0.25) is 0 Å². The van der Waals surface area contributed by atoms with Gasteiger partial charge in [-0.3, -0.25) is 0 Å². The van der Waals surface area contributed by atoms with Crippen LogP contribution in [0.4, 0.5) is 5.82 Å². The third-order valence-electron chi connectivity index (χ3n) is 3.08. The van der Waals surface area contributed by atoms with Gasteiger partial charge in [-0.15, -0.1) is 0 Å². The predicted molar refractivity (Wildman–Crippen MR) is 82.1 cm³/mol. The molecule has 2 aromatic rings. The van der Waals surface area contributed by atoms with Crippen molar-refractivity contribution in [2.45, 2.75) is 26.6 Å². The van der Waals surface area contributed by atoms with Crippen LogP contribution in [0.15, 0.2) is 30.3 Å². The lowest BCUT2D eigenvalue weighted by atomic mass is 10.1. The fourth-order valence-corrected chi connectivity index (χ4v) is 2.11. The second-order valence-corrected chi connectivity index (χ2v) is 5.05. The average Bonchev–Trinajstić information content (AvgIpc) is 2.44. The maximum Gasteiger partial charge on any atom is 0.156 e. The van der Waals surface area contributed by atoms with Gasteiger partial charge in [-0.25, -0.2) is 9.97 Å². The Morgan fingerprint density at radius 2 is 2.05 bits per heavy atom. The molecule has 0 fully saturated rings. The summed E-state index contributed by atoms with van der Waals surface area (Å²) in [6.07, 6.45) is -0.578. The molecule has 1 unspecified atom stereocenters. The Labute approximate surface area is 125 Å². The molecule has 1 aromatic heterocycles. The first kappa shape index (κ1) is 15.4. The summed E-state index contributed by atoms with van der Waals surface area (Å²) >= 11 is 0. The second-order valence-electron chi connectivity index (χ2n) is 5.05. The van der Waals surface area contributed by atoms with Crippen LogP contribution >= 0.6 is 0 Å². The molecule has 2 N–H and O–H groups in total. The van der Waals surface area contributed by atoms with Crippen molar-refractivity contribution < 1.29 is 9.84 Å². The van der Waals surface area contributed by atoms with E-state index in [1.165, 1.54) is 0 Å². The zero-order chi connectivity index (χ0) is 15.2. The Morgan fingerprint density at radius 1 is 1.24 bits per heavy atom. The van der Waals surface area contributed by atoms with Crippen LogP contribution in [0.25, 0.3) is 0 Å². The SMILES string of the molecule is COCc1nc(C)cc(NCC(O)c2cccc(C)c2)n1. The number of aryl methyl sites for hydroxylation is 2. The lowest BCUT2D eigenvalue weighted by molar-refractivity contribution is 0.177. The monoisotopic (exact) mass is 287 g/mol. The average molecular weight is 287 g/mol. The molecule has 5 nitrogen and oxygen atoms in total. The Balaban J connectivity index is 2.02. The normalized spacial score (nSPS) is 12.2. The Morgan fingerprint density at radius 3 is 2.76 bits per heavy atom. The molecule has 112 valence electrons. The number of ether oxygens (including phenoxy) is 1. The van der Waals surface area contributed by atoms with Crippen LogP contribution in [0, 0.1) is 13.8 Å². The van der Waals surface area contributed by atoms with Crippen molar-refractivity contribution in [1.82, 2.24) is 9.97 Å². The first-order valence-electron chi connectivity index (χ1n) is 6.90. The van der Waals surface area contributed by atoms with Crippen molar-refractivity contribution in [2.75, 3.05) is 19.0 Å². The molecule has 0 saturated heterocycles. The van der Waals surface area contributed by atoms with Crippen molar-refractivity contribution in [2.24, 2.45) is 0 Å². The first-order chi connectivity index (χ1) is 10.1. The molecule has 0 aliphatic rings. The van der Waals surface area contributed by atoms with Gasteiger partial charge in [0.15, 0.2) is 5.82 Å². The Hall–Kier alpha value is -1.98. The molecular weight excluding hydrogens is 266 g/mol. The highest BCUT2D eigenvalue weighted by atomic mass is 16.5. The van der Waals surface area contributed by atoms with E-state index in [2.05, 4.69) is 15.3 Å². The number of aromatic nitrogens is 2. The molecule has 0 spiro atoms. The topological polar surface area (TPSA) is 67.3 Å². The van der Waals surface area contributed by atoms with Gasteiger partial charge in [0, 0.05) is 25.4 Å². The lowest BCUT2D eigenvalue weighted by Crippen LogP contribution is -2.14. The van der Waals surface area contributed by atoms with Gasteiger partial charge in [0.25, 0.3) is 0 Å². The summed E-state index contributed by atoms with van der Waals surface area (Å²) in [6.45, 7) is 4.68. The fraction of sp³-hybridized carbons (Fsp3) is 0.375. The van der Waals surface area contributed by atoms with Crippen LogP contribution in [-0.2, 0) is 11.3 Å². The fourth-order valence-electron chi connectivity index (χ4n) is 2.11. The van der Waals surface area contributed by atoms with Crippen molar-refractivity contribution in [3.8, 4) is 0 Å². The molecule has 0 saturated carbocycles. The minimum absolute atomic E-state index is 0.372. The van der Waals surface area contributed by atoms with Crippen LogP contribution in [-0.4, -0.2) is 28.7 Å². The summed E-state index contributed by atoms with van der Waals surface area (Å²) < 4.78 is 5.04. The van der Waals surface area contributed by atoms with E-state index >= 15 is 0 Å². The molecule has 5 heteroatoms. The molecule has 0 aliphatic carbocycles. The van der Waals surface area contributed by atoms with E-state index in [-0.39, 0.29) is 0 Å². The summed E-state index contributed by atoms with van der Waals surface area (Å²) in [5.74, 6) is 1.33. The van der Waals surface area contributed by atoms with Crippen LogP contribution in [0.3, 0.4) is 0 Å². The van der Waals surface area contributed by atoms with Gasteiger partial charge in [-0.05, 0) is 19.4 Å². The predicted octanol–water partition coefficient (Wildman–Crippen LogP) is 2.39. The molecular formula is C16H21N3O2. The van der Waals surface area contributed by atoms with Gasteiger partial charge in [0.05, 0.1) is 6.10 Å². The number of hydrogen-bond acceptors (Lipinski definition) is 5. The molecule has 1 aromatic carbocycles. The van der Waals surface area contributed by atoms with Gasteiger partial charge >= 0.3 is 0 Å².